The number of amides is 2. The summed E-state index contributed by atoms with van der Waals surface area (Å²) in [5, 5.41) is 14.5. The Labute approximate surface area is 210 Å². The van der Waals surface area contributed by atoms with Gasteiger partial charge in [0.1, 0.15) is 11.6 Å². The highest BCUT2D eigenvalue weighted by molar-refractivity contribution is 5.94. The third kappa shape index (κ3) is 5.74. The lowest BCUT2D eigenvalue weighted by molar-refractivity contribution is -0.117. The zero-order valence-electron chi connectivity index (χ0n) is 20.1. The normalized spacial score (nSPS) is 18.4. The number of halogens is 1. The van der Waals surface area contributed by atoms with E-state index in [9.17, 15) is 19.1 Å². The second kappa shape index (κ2) is 10.5. The van der Waals surface area contributed by atoms with Crippen molar-refractivity contribution in [3.05, 3.63) is 89.3 Å². The van der Waals surface area contributed by atoms with Crippen LogP contribution in [0, 0.1) is 5.82 Å². The van der Waals surface area contributed by atoms with Crippen molar-refractivity contribution in [1.29, 1.82) is 0 Å². The molecule has 0 bridgehead atoms. The van der Waals surface area contributed by atoms with Crippen LogP contribution in [0.15, 0.2) is 72.3 Å². The molecule has 2 amide bonds. The fourth-order valence-corrected chi connectivity index (χ4v) is 5.07. The summed E-state index contributed by atoms with van der Waals surface area (Å²) in [5.41, 5.74) is 2.79. The lowest BCUT2D eigenvalue weighted by atomic mass is 10.0. The van der Waals surface area contributed by atoms with Crippen LogP contribution in [0.2, 0.25) is 0 Å². The van der Waals surface area contributed by atoms with Gasteiger partial charge < -0.3 is 15.3 Å². The van der Waals surface area contributed by atoms with Crippen molar-refractivity contribution in [3.8, 4) is 5.75 Å². The Balaban J connectivity index is 1.09. The first-order chi connectivity index (χ1) is 17.4. The van der Waals surface area contributed by atoms with Gasteiger partial charge in [0.25, 0.3) is 5.91 Å². The number of aromatic hydroxyl groups is 1. The molecule has 0 aliphatic carbocycles. The van der Waals surface area contributed by atoms with Crippen LogP contribution in [0.1, 0.15) is 35.2 Å². The Hall–Kier alpha value is -3.71. The van der Waals surface area contributed by atoms with Crippen LogP contribution >= 0.6 is 0 Å². The highest BCUT2D eigenvalue weighted by Crippen LogP contribution is 2.22. The number of benzene rings is 3. The van der Waals surface area contributed by atoms with E-state index in [0.29, 0.717) is 31.5 Å². The summed E-state index contributed by atoms with van der Waals surface area (Å²) in [7, 11) is 0. The van der Waals surface area contributed by atoms with Crippen molar-refractivity contribution in [2.45, 2.75) is 31.8 Å². The van der Waals surface area contributed by atoms with E-state index in [-0.39, 0.29) is 29.4 Å². The molecule has 1 unspecified atom stereocenters. The summed E-state index contributed by atoms with van der Waals surface area (Å²) in [5.74, 6) is -0.208. The second-order valence-electron chi connectivity index (χ2n) is 9.70. The molecular formula is C29H30FN3O3. The molecule has 7 heteroatoms. The Morgan fingerprint density at radius 2 is 1.69 bits per heavy atom. The quantitative estimate of drug-likeness (QED) is 0.528. The number of phenols is 1. The van der Waals surface area contributed by atoms with E-state index < -0.39 is 0 Å². The van der Waals surface area contributed by atoms with Gasteiger partial charge >= 0.3 is 0 Å². The number of carbonyl (C=O) groups is 2. The molecule has 3 aromatic carbocycles. The molecule has 2 fully saturated rings. The van der Waals surface area contributed by atoms with Gasteiger partial charge in [0.05, 0.1) is 0 Å². The van der Waals surface area contributed by atoms with Crippen molar-refractivity contribution >= 4 is 22.6 Å². The Bertz CT molecular complexity index is 1290. The molecule has 2 heterocycles. The molecule has 2 aliphatic rings. The Kier molecular flexibility index (Phi) is 7.00. The SMILES string of the molecule is O=C(C=C1CCN(C(=O)c2ccc(O)cc2)CC1)NC1CCN(Cc2ccc3cc(F)ccc3c2)C1. The van der Waals surface area contributed by atoms with Crippen LogP contribution in [-0.4, -0.2) is 58.9 Å². The van der Waals surface area contributed by atoms with Crippen molar-refractivity contribution in [2.75, 3.05) is 26.2 Å². The number of fused-ring (bicyclic) bond motifs is 1. The van der Waals surface area contributed by atoms with Crippen LogP contribution in [-0.2, 0) is 11.3 Å². The first-order valence-electron chi connectivity index (χ1n) is 12.4. The predicted molar refractivity (Wildman–Crippen MR) is 137 cm³/mol. The highest BCUT2D eigenvalue weighted by atomic mass is 19.1. The molecule has 0 spiro atoms. The average molecular weight is 488 g/mol. The summed E-state index contributed by atoms with van der Waals surface area (Å²) in [6.45, 7) is 3.66. The van der Waals surface area contributed by atoms with Crippen LogP contribution in [0.5, 0.6) is 5.75 Å². The van der Waals surface area contributed by atoms with E-state index >= 15 is 0 Å². The van der Waals surface area contributed by atoms with Gasteiger partial charge in [-0.25, -0.2) is 4.39 Å². The maximum Gasteiger partial charge on any atom is 0.253 e. The molecule has 2 aliphatic heterocycles. The van der Waals surface area contributed by atoms with Gasteiger partial charge in [0, 0.05) is 50.4 Å². The van der Waals surface area contributed by atoms with Gasteiger partial charge in [-0.2, -0.15) is 0 Å². The molecule has 6 nitrogen and oxygen atoms in total. The van der Waals surface area contributed by atoms with Gasteiger partial charge in [-0.15, -0.1) is 0 Å². The van der Waals surface area contributed by atoms with E-state index in [2.05, 4.69) is 16.3 Å². The molecule has 36 heavy (non-hydrogen) atoms. The summed E-state index contributed by atoms with van der Waals surface area (Å²) in [6.07, 6.45) is 3.97. The maximum absolute atomic E-state index is 13.4. The number of phenolic OH excluding ortho intramolecular Hbond substituents is 1. The van der Waals surface area contributed by atoms with E-state index in [4.69, 9.17) is 0 Å². The van der Waals surface area contributed by atoms with Crippen molar-refractivity contribution in [2.24, 2.45) is 0 Å². The lowest BCUT2D eigenvalue weighted by Crippen LogP contribution is -2.38. The molecule has 0 aromatic heterocycles. The number of hydrogen-bond acceptors (Lipinski definition) is 4. The van der Waals surface area contributed by atoms with Gasteiger partial charge in [-0.1, -0.05) is 23.8 Å². The van der Waals surface area contributed by atoms with Crippen molar-refractivity contribution < 1.29 is 19.1 Å². The molecule has 2 saturated heterocycles. The molecule has 2 N–H and O–H groups in total. The summed E-state index contributed by atoms with van der Waals surface area (Å²) in [4.78, 5) is 29.4. The number of hydrogen-bond donors (Lipinski definition) is 2. The molecule has 186 valence electrons. The van der Waals surface area contributed by atoms with Crippen LogP contribution in [0.4, 0.5) is 4.39 Å². The first-order valence-corrected chi connectivity index (χ1v) is 12.4. The zero-order valence-corrected chi connectivity index (χ0v) is 20.1. The molecule has 3 aromatic rings. The number of piperidine rings is 1. The topological polar surface area (TPSA) is 72.9 Å². The number of nitrogens with zero attached hydrogens (tertiary/aromatic N) is 2. The van der Waals surface area contributed by atoms with Crippen LogP contribution in [0.25, 0.3) is 10.8 Å². The predicted octanol–water partition coefficient (Wildman–Crippen LogP) is 4.24. The summed E-state index contributed by atoms with van der Waals surface area (Å²) >= 11 is 0. The standard InChI is InChI=1S/C29H30FN3O3/c30-25-6-3-23-15-21(1-2-24(23)17-25)18-32-12-11-26(19-32)31-28(35)16-20-9-13-33(14-10-20)29(36)22-4-7-27(34)8-5-22/h1-8,15-17,26,34H,9-14,18-19H2,(H,31,35). The van der Waals surface area contributed by atoms with Crippen molar-refractivity contribution in [1.82, 2.24) is 15.1 Å². The van der Waals surface area contributed by atoms with Gasteiger partial charge in [-0.3, -0.25) is 14.5 Å². The number of carbonyl (C=O) groups excluding carboxylic acids is 2. The number of rotatable bonds is 5. The average Bonchev–Trinajstić information content (AvgIpc) is 3.31. The Morgan fingerprint density at radius 3 is 2.47 bits per heavy atom. The monoisotopic (exact) mass is 487 g/mol. The van der Waals surface area contributed by atoms with E-state index in [0.717, 1.165) is 42.4 Å². The third-order valence-corrected chi connectivity index (χ3v) is 7.03. The largest absolute Gasteiger partial charge is 0.508 e. The lowest BCUT2D eigenvalue weighted by Gasteiger charge is -2.28. The maximum atomic E-state index is 13.4. The van der Waals surface area contributed by atoms with E-state index in [1.54, 1.807) is 29.2 Å². The third-order valence-electron chi connectivity index (χ3n) is 7.03. The summed E-state index contributed by atoms with van der Waals surface area (Å²) < 4.78 is 13.4. The van der Waals surface area contributed by atoms with Gasteiger partial charge in [0.2, 0.25) is 5.91 Å². The molecule has 5 rings (SSSR count). The van der Waals surface area contributed by atoms with Crippen LogP contribution in [0.3, 0.4) is 0 Å². The molecule has 0 radical (unpaired) electrons. The zero-order chi connectivity index (χ0) is 25.1. The van der Waals surface area contributed by atoms with E-state index in [1.165, 1.54) is 23.8 Å². The Morgan fingerprint density at radius 1 is 0.972 bits per heavy atom. The van der Waals surface area contributed by atoms with Crippen molar-refractivity contribution in [3.63, 3.8) is 0 Å². The number of likely N-dealkylation sites (tertiary alicyclic amines) is 2. The molecule has 1 atom stereocenters. The fraction of sp³-hybridized carbons (Fsp3) is 0.310. The van der Waals surface area contributed by atoms with Crippen LogP contribution < -0.4 is 5.32 Å². The minimum atomic E-state index is -0.225. The fourth-order valence-electron chi connectivity index (χ4n) is 5.07. The number of nitrogens with one attached hydrogen (secondary N) is 1. The highest BCUT2D eigenvalue weighted by Gasteiger charge is 2.25. The minimum absolute atomic E-state index is 0.0527. The molecule has 0 saturated carbocycles. The summed E-state index contributed by atoms with van der Waals surface area (Å²) in [6, 6.07) is 17.3. The second-order valence-corrected chi connectivity index (χ2v) is 9.70. The molecular weight excluding hydrogens is 457 g/mol. The first kappa shape index (κ1) is 24.0. The minimum Gasteiger partial charge on any atom is -0.508 e. The van der Waals surface area contributed by atoms with Gasteiger partial charge in [0.15, 0.2) is 0 Å². The smallest absolute Gasteiger partial charge is 0.253 e. The van der Waals surface area contributed by atoms with Gasteiger partial charge in [-0.05, 0) is 78.1 Å². The van der Waals surface area contributed by atoms with E-state index in [1.807, 2.05) is 18.2 Å².